The highest BCUT2D eigenvalue weighted by atomic mass is 32.2. The first-order chi connectivity index (χ1) is 11.1. The quantitative estimate of drug-likeness (QED) is 0.678. The van der Waals surface area contributed by atoms with Gasteiger partial charge in [-0.3, -0.25) is 0 Å². The Kier molecular flexibility index (Phi) is 5.36. The van der Waals surface area contributed by atoms with Crippen LogP contribution in [0.2, 0.25) is 0 Å². The van der Waals surface area contributed by atoms with Crippen LogP contribution in [0.15, 0.2) is 30.3 Å². The summed E-state index contributed by atoms with van der Waals surface area (Å²) in [6, 6.07) is 9.94. The number of hydrogen-bond donors (Lipinski definition) is 0. The molecule has 0 N–H and O–H groups in total. The van der Waals surface area contributed by atoms with Crippen LogP contribution >= 0.6 is 0 Å². The lowest BCUT2D eigenvalue weighted by atomic mass is 10.0. The van der Waals surface area contributed by atoms with Gasteiger partial charge in [0.15, 0.2) is 0 Å². The Labute approximate surface area is 138 Å². The van der Waals surface area contributed by atoms with E-state index in [2.05, 4.69) is 0 Å². The third-order valence-electron chi connectivity index (χ3n) is 4.61. The zero-order valence-corrected chi connectivity index (χ0v) is 14.4. The Morgan fingerprint density at radius 1 is 1.13 bits per heavy atom. The van der Waals surface area contributed by atoms with Gasteiger partial charge >= 0.3 is 0 Å². The van der Waals surface area contributed by atoms with Gasteiger partial charge in [-0.1, -0.05) is 30.3 Å². The lowest BCUT2D eigenvalue weighted by Crippen LogP contribution is -2.43. The van der Waals surface area contributed by atoms with Crippen LogP contribution in [-0.2, 0) is 25.9 Å². The van der Waals surface area contributed by atoms with E-state index in [1.54, 1.807) is 11.4 Å². The number of rotatable bonds is 8. The monoisotopic (exact) mass is 339 g/mol. The average Bonchev–Trinajstić information content (AvgIpc) is 3.33. The van der Waals surface area contributed by atoms with Crippen LogP contribution in [0.1, 0.15) is 24.8 Å². The minimum Gasteiger partial charge on any atom is -0.382 e. The van der Waals surface area contributed by atoms with Gasteiger partial charge in [0.2, 0.25) is 10.0 Å². The van der Waals surface area contributed by atoms with Gasteiger partial charge in [0.1, 0.15) is 0 Å². The average molecular weight is 339 g/mol. The molecule has 1 aliphatic carbocycles. The maximum absolute atomic E-state index is 12.7. The van der Waals surface area contributed by atoms with E-state index in [0.29, 0.717) is 26.2 Å². The first-order valence-corrected chi connectivity index (χ1v) is 9.78. The van der Waals surface area contributed by atoms with Crippen molar-refractivity contribution < 1.29 is 17.9 Å². The third kappa shape index (κ3) is 3.94. The molecule has 0 unspecified atom stereocenters. The minimum atomic E-state index is -3.18. The van der Waals surface area contributed by atoms with Crippen LogP contribution in [0, 0.1) is 0 Å². The molecule has 3 rings (SSSR count). The maximum atomic E-state index is 12.7. The fraction of sp³-hybridized carbons (Fsp3) is 0.647. The van der Waals surface area contributed by atoms with Crippen molar-refractivity contribution in [2.45, 2.75) is 43.1 Å². The van der Waals surface area contributed by atoms with Crippen molar-refractivity contribution in [1.82, 2.24) is 4.31 Å². The molecule has 1 aliphatic heterocycles. The topological polar surface area (TPSA) is 55.8 Å². The lowest BCUT2D eigenvalue weighted by Gasteiger charge is -2.28. The van der Waals surface area contributed by atoms with E-state index in [4.69, 9.17) is 9.47 Å². The molecule has 1 aromatic carbocycles. The summed E-state index contributed by atoms with van der Waals surface area (Å²) in [7, 11) is -1.53. The molecule has 0 spiro atoms. The highest BCUT2D eigenvalue weighted by Crippen LogP contribution is 2.36. The highest BCUT2D eigenvalue weighted by Gasteiger charge is 2.47. The predicted octanol–water partition coefficient (Wildman–Crippen LogP) is 1.83. The van der Waals surface area contributed by atoms with E-state index in [0.717, 1.165) is 24.8 Å². The molecule has 128 valence electrons. The summed E-state index contributed by atoms with van der Waals surface area (Å²) < 4.78 is 38.1. The van der Waals surface area contributed by atoms with Crippen molar-refractivity contribution in [2.75, 3.05) is 26.9 Å². The number of sulfonamides is 1. The molecule has 0 amide bonds. The van der Waals surface area contributed by atoms with Crippen molar-refractivity contribution in [3.63, 3.8) is 0 Å². The van der Waals surface area contributed by atoms with Gasteiger partial charge in [0.05, 0.1) is 30.6 Å². The van der Waals surface area contributed by atoms with Crippen LogP contribution < -0.4 is 0 Å². The van der Waals surface area contributed by atoms with E-state index in [-0.39, 0.29) is 17.4 Å². The first-order valence-electron chi connectivity index (χ1n) is 8.28. The molecule has 1 saturated carbocycles. The summed E-state index contributed by atoms with van der Waals surface area (Å²) in [5, 5.41) is -0.168. The Hall–Kier alpha value is -0.950. The van der Waals surface area contributed by atoms with Crippen LogP contribution in [0.5, 0.6) is 0 Å². The lowest BCUT2D eigenvalue weighted by molar-refractivity contribution is 0.00636. The minimum absolute atomic E-state index is 0.0566. The van der Waals surface area contributed by atoms with Gasteiger partial charge < -0.3 is 9.47 Å². The molecule has 6 heteroatoms. The van der Waals surface area contributed by atoms with Gasteiger partial charge in [0, 0.05) is 13.7 Å². The first kappa shape index (κ1) is 16.9. The summed E-state index contributed by atoms with van der Waals surface area (Å²) in [4.78, 5) is 0. The maximum Gasteiger partial charge on any atom is 0.217 e. The number of methoxy groups -OCH3 is 1. The Morgan fingerprint density at radius 3 is 2.52 bits per heavy atom. The molecule has 1 saturated heterocycles. The molecule has 2 fully saturated rings. The van der Waals surface area contributed by atoms with Gasteiger partial charge in [-0.2, -0.15) is 4.31 Å². The van der Waals surface area contributed by atoms with Crippen LogP contribution in [-0.4, -0.2) is 57.0 Å². The molecule has 2 atom stereocenters. The molecule has 2 aliphatic rings. The van der Waals surface area contributed by atoms with Crippen molar-refractivity contribution in [2.24, 2.45) is 0 Å². The SMILES string of the molecule is COCCO[C@@H]1CCN(S(=O)(=O)C2CC2)[C@H]1Cc1ccccc1. The highest BCUT2D eigenvalue weighted by molar-refractivity contribution is 7.90. The van der Waals surface area contributed by atoms with Crippen molar-refractivity contribution in [3.8, 4) is 0 Å². The van der Waals surface area contributed by atoms with Gasteiger partial charge in [0.25, 0.3) is 0 Å². The number of hydrogen-bond acceptors (Lipinski definition) is 4. The van der Waals surface area contributed by atoms with Crippen molar-refractivity contribution in [1.29, 1.82) is 0 Å². The second-order valence-electron chi connectivity index (χ2n) is 6.30. The molecular formula is C17H25NO4S. The second-order valence-corrected chi connectivity index (χ2v) is 8.47. The Balaban J connectivity index is 1.75. The second kappa shape index (κ2) is 7.30. The Bertz CT molecular complexity index is 600. The van der Waals surface area contributed by atoms with Gasteiger partial charge in [-0.15, -0.1) is 0 Å². The zero-order chi connectivity index (χ0) is 16.3. The van der Waals surface area contributed by atoms with Crippen LogP contribution in [0.25, 0.3) is 0 Å². The number of nitrogens with zero attached hydrogens (tertiary/aromatic N) is 1. The zero-order valence-electron chi connectivity index (χ0n) is 13.6. The van der Waals surface area contributed by atoms with E-state index in [1.165, 1.54) is 0 Å². The summed E-state index contributed by atoms with van der Waals surface area (Å²) in [6.45, 7) is 1.60. The third-order valence-corrected chi connectivity index (χ3v) is 7.03. The molecule has 0 aromatic heterocycles. The van der Waals surface area contributed by atoms with Gasteiger partial charge in [-0.05, 0) is 31.2 Å². The molecule has 0 radical (unpaired) electrons. The summed E-state index contributed by atoms with van der Waals surface area (Å²) in [5.41, 5.74) is 1.15. The van der Waals surface area contributed by atoms with Gasteiger partial charge in [-0.25, -0.2) is 8.42 Å². The van der Waals surface area contributed by atoms with Crippen LogP contribution in [0.4, 0.5) is 0 Å². The van der Waals surface area contributed by atoms with Crippen molar-refractivity contribution >= 4 is 10.0 Å². The largest absolute Gasteiger partial charge is 0.382 e. The standard InChI is InChI=1S/C17H25NO4S/c1-21-11-12-22-17-9-10-18(23(19,20)15-7-8-15)16(17)13-14-5-3-2-4-6-14/h2-6,15-17H,7-13H2,1H3/t16-,17+/m0/s1. The smallest absolute Gasteiger partial charge is 0.217 e. The fourth-order valence-electron chi connectivity index (χ4n) is 3.24. The molecular weight excluding hydrogens is 314 g/mol. The summed E-state index contributed by atoms with van der Waals surface area (Å²) >= 11 is 0. The molecule has 1 aromatic rings. The number of ether oxygens (including phenoxy) is 2. The normalized spacial score (nSPS) is 25.8. The molecule has 1 heterocycles. The van der Waals surface area contributed by atoms with Crippen LogP contribution in [0.3, 0.4) is 0 Å². The number of benzene rings is 1. The molecule has 23 heavy (non-hydrogen) atoms. The Morgan fingerprint density at radius 2 is 1.87 bits per heavy atom. The summed E-state index contributed by atoms with van der Waals surface area (Å²) in [6.07, 6.45) is 2.99. The fourth-order valence-corrected chi connectivity index (χ4v) is 5.30. The predicted molar refractivity (Wildman–Crippen MR) is 88.8 cm³/mol. The molecule has 5 nitrogen and oxygen atoms in total. The van der Waals surface area contributed by atoms with E-state index in [1.807, 2.05) is 30.3 Å². The van der Waals surface area contributed by atoms with E-state index >= 15 is 0 Å². The van der Waals surface area contributed by atoms with Crippen molar-refractivity contribution in [3.05, 3.63) is 35.9 Å². The van der Waals surface area contributed by atoms with E-state index in [9.17, 15) is 8.42 Å². The molecule has 0 bridgehead atoms. The van der Waals surface area contributed by atoms with E-state index < -0.39 is 10.0 Å². The summed E-state index contributed by atoms with van der Waals surface area (Å²) in [5.74, 6) is 0.